The lowest BCUT2D eigenvalue weighted by atomic mass is 10.0. The van der Waals surface area contributed by atoms with Crippen molar-refractivity contribution in [3.8, 4) is 11.1 Å². The summed E-state index contributed by atoms with van der Waals surface area (Å²) in [6.45, 7) is 1.94. The van der Waals surface area contributed by atoms with E-state index in [4.69, 9.17) is 4.42 Å². The van der Waals surface area contributed by atoms with Gasteiger partial charge in [-0.1, -0.05) is 66.4 Å². The molecule has 2 aromatic carbocycles. The summed E-state index contributed by atoms with van der Waals surface area (Å²) < 4.78 is 28.7. The molecule has 4 rings (SSSR count). The fourth-order valence-corrected chi connectivity index (χ4v) is 6.20. The number of hydrogen-bond acceptors (Lipinski definition) is 7. The number of nitrogens with one attached hydrogen (secondary N) is 1. The molecule has 1 fully saturated rings. The molecule has 1 saturated heterocycles. The van der Waals surface area contributed by atoms with Gasteiger partial charge in [-0.15, -0.1) is 10.2 Å². The van der Waals surface area contributed by atoms with E-state index in [0.29, 0.717) is 24.0 Å². The van der Waals surface area contributed by atoms with E-state index in [1.54, 1.807) is 0 Å². The van der Waals surface area contributed by atoms with Crippen LogP contribution in [0.4, 0.5) is 0 Å². The van der Waals surface area contributed by atoms with E-state index in [9.17, 15) is 13.2 Å². The number of amides is 1. The van der Waals surface area contributed by atoms with Crippen LogP contribution in [-0.2, 0) is 21.1 Å². The molecule has 2 atom stereocenters. The van der Waals surface area contributed by atoms with Gasteiger partial charge >= 0.3 is 0 Å². The van der Waals surface area contributed by atoms with Crippen LogP contribution in [0.5, 0.6) is 0 Å². The minimum atomic E-state index is -2.93. The first-order valence-electron chi connectivity index (χ1n) is 10.5. The van der Waals surface area contributed by atoms with Gasteiger partial charge in [0.1, 0.15) is 0 Å². The van der Waals surface area contributed by atoms with Crippen LogP contribution in [-0.4, -0.2) is 41.8 Å². The Balaban J connectivity index is 1.25. The summed E-state index contributed by atoms with van der Waals surface area (Å²) in [4.78, 5) is 12.4. The lowest BCUT2D eigenvalue weighted by Crippen LogP contribution is -2.28. The molecule has 1 N–H and O–H groups in total. The monoisotopic (exact) mass is 471 g/mol. The second-order valence-corrected chi connectivity index (χ2v) is 11.2. The number of rotatable bonds is 8. The van der Waals surface area contributed by atoms with Crippen LogP contribution in [0.2, 0.25) is 0 Å². The summed E-state index contributed by atoms with van der Waals surface area (Å²) in [6, 6.07) is 18.2. The minimum Gasteiger partial charge on any atom is -0.416 e. The first-order chi connectivity index (χ1) is 15.4. The highest BCUT2D eigenvalue weighted by molar-refractivity contribution is 7.99. The number of carbonyl (C=O) groups excluding carboxylic acids is 1. The maximum atomic E-state index is 12.4. The normalized spacial score (nSPS) is 18.3. The third-order valence-corrected chi connectivity index (χ3v) is 8.12. The number of aromatic nitrogens is 2. The van der Waals surface area contributed by atoms with Crippen LogP contribution in [0.25, 0.3) is 11.1 Å². The Bertz CT molecular complexity index is 1160. The van der Waals surface area contributed by atoms with E-state index >= 15 is 0 Å². The highest BCUT2D eigenvalue weighted by Crippen LogP contribution is 2.25. The van der Waals surface area contributed by atoms with Crippen LogP contribution in [0, 0.1) is 5.92 Å². The summed E-state index contributed by atoms with van der Waals surface area (Å²) in [6.07, 6.45) is 1.08. The molecule has 0 spiro atoms. The summed E-state index contributed by atoms with van der Waals surface area (Å²) in [7, 11) is -2.93. The zero-order valence-corrected chi connectivity index (χ0v) is 19.4. The number of benzene rings is 2. The summed E-state index contributed by atoms with van der Waals surface area (Å²) in [5.41, 5.74) is 3.31. The van der Waals surface area contributed by atoms with Gasteiger partial charge in [0, 0.05) is 6.42 Å². The maximum Gasteiger partial charge on any atom is 0.277 e. The Kier molecular flexibility index (Phi) is 6.95. The second kappa shape index (κ2) is 9.87. The lowest BCUT2D eigenvalue weighted by Gasteiger charge is -2.14. The van der Waals surface area contributed by atoms with Crippen LogP contribution in [0.15, 0.2) is 64.2 Å². The predicted molar refractivity (Wildman–Crippen MR) is 124 cm³/mol. The quantitative estimate of drug-likeness (QED) is 0.500. The van der Waals surface area contributed by atoms with Gasteiger partial charge in [-0.25, -0.2) is 8.42 Å². The van der Waals surface area contributed by atoms with E-state index in [2.05, 4.69) is 39.8 Å². The number of thioether (sulfide) groups is 1. The molecule has 1 amide bonds. The molecule has 3 aromatic rings. The molecule has 9 heteroatoms. The zero-order valence-electron chi connectivity index (χ0n) is 17.7. The SMILES string of the molecule is C[C@@H](NC(=O)CSc1nnc(C[C@H]2CCS(=O)(=O)C2)o1)c1ccc(-c2ccccc2)cc1. The maximum absolute atomic E-state index is 12.4. The fraction of sp³-hybridized carbons (Fsp3) is 0.348. The molecule has 0 unspecified atom stereocenters. The summed E-state index contributed by atoms with van der Waals surface area (Å²) >= 11 is 1.17. The van der Waals surface area contributed by atoms with Crippen LogP contribution in [0.1, 0.15) is 30.8 Å². The van der Waals surface area contributed by atoms with Gasteiger partial charge in [0.2, 0.25) is 11.8 Å². The highest BCUT2D eigenvalue weighted by Gasteiger charge is 2.29. The minimum absolute atomic E-state index is 0.0238. The van der Waals surface area contributed by atoms with Crippen molar-refractivity contribution in [3.63, 3.8) is 0 Å². The number of sulfone groups is 1. The molecule has 1 aliphatic heterocycles. The Hall–Kier alpha value is -2.65. The second-order valence-electron chi connectivity index (χ2n) is 8.00. The van der Waals surface area contributed by atoms with Gasteiger partial charge in [0.25, 0.3) is 5.22 Å². The van der Waals surface area contributed by atoms with Gasteiger partial charge in [0.15, 0.2) is 9.84 Å². The molecule has 1 aliphatic rings. The Morgan fingerprint density at radius 1 is 1.12 bits per heavy atom. The zero-order chi connectivity index (χ0) is 22.6. The Morgan fingerprint density at radius 3 is 2.53 bits per heavy atom. The van der Waals surface area contributed by atoms with Crippen molar-refractivity contribution in [2.45, 2.75) is 31.0 Å². The molecule has 2 heterocycles. The number of carbonyl (C=O) groups is 1. The van der Waals surface area contributed by atoms with Crippen molar-refractivity contribution in [2.24, 2.45) is 5.92 Å². The van der Waals surface area contributed by atoms with E-state index in [1.165, 1.54) is 11.8 Å². The van der Waals surface area contributed by atoms with E-state index in [0.717, 1.165) is 16.7 Å². The first kappa shape index (κ1) is 22.5. The molecule has 1 aromatic heterocycles. The summed E-state index contributed by atoms with van der Waals surface area (Å²) in [5.74, 6) is 0.866. The van der Waals surface area contributed by atoms with Gasteiger partial charge in [-0.3, -0.25) is 4.79 Å². The van der Waals surface area contributed by atoms with Gasteiger partial charge < -0.3 is 9.73 Å². The standard InChI is InChI=1S/C23H25N3O4S2/c1-16(18-7-9-20(10-8-18)19-5-3-2-4-6-19)24-21(27)14-31-23-26-25-22(30-23)13-17-11-12-32(28,29)15-17/h2-10,16-17H,11-15H2,1H3,(H,24,27)/t16-,17-/m1/s1. The molecule has 168 valence electrons. The predicted octanol–water partition coefficient (Wildman–Crippen LogP) is 3.68. The van der Waals surface area contributed by atoms with Gasteiger partial charge in [-0.05, 0) is 36.0 Å². The third-order valence-electron chi connectivity index (χ3n) is 5.46. The molecule has 0 saturated carbocycles. The van der Waals surface area contributed by atoms with Crippen LogP contribution >= 0.6 is 11.8 Å². The molecular formula is C23H25N3O4S2. The van der Waals surface area contributed by atoms with Gasteiger partial charge in [0.05, 0.1) is 23.3 Å². The van der Waals surface area contributed by atoms with Crippen molar-refractivity contribution in [1.29, 1.82) is 0 Å². The van der Waals surface area contributed by atoms with E-state index < -0.39 is 9.84 Å². The molecule has 0 radical (unpaired) electrons. The number of hydrogen-bond donors (Lipinski definition) is 1. The number of nitrogens with zero attached hydrogens (tertiary/aromatic N) is 2. The molecule has 0 aliphatic carbocycles. The molecule has 7 nitrogen and oxygen atoms in total. The fourth-order valence-electron chi connectivity index (χ4n) is 3.75. The van der Waals surface area contributed by atoms with Crippen molar-refractivity contribution in [2.75, 3.05) is 17.3 Å². The average molecular weight is 472 g/mol. The lowest BCUT2D eigenvalue weighted by molar-refractivity contribution is -0.119. The van der Waals surface area contributed by atoms with E-state index in [1.807, 2.05) is 37.3 Å². The van der Waals surface area contributed by atoms with Crippen molar-refractivity contribution < 1.29 is 17.6 Å². The highest BCUT2D eigenvalue weighted by atomic mass is 32.2. The van der Waals surface area contributed by atoms with Crippen LogP contribution < -0.4 is 5.32 Å². The largest absolute Gasteiger partial charge is 0.416 e. The topological polar surface area (TPSA) is 102 Å². The Labute approximate surface area is 191 Å². The molecular weight excluding hydrogens is 446 g/mol. The smallest absolute Gasteiger partial charge is 0.277 e. The van der Waals surface area contributed by atoms with Crippen molar-refractivity contribution >= 4 is 27.5 Å². The Morgan fingerprint density at radius 2 is 1.84 bits per heavy atom. The van der Waals surface area contributed by atoms with Crippen molar-refractivity contribution in [1.82, 2.24) is 15.5 Å². The summed E-state index contributed by atoms with van der Waals surface area (Å²) in [5, 5.41) is 11.2. The average Bonchev–Trinajstić information content (AvgIpc) is 3.38. The first-order valence-corrected chi connectivity index (χ1v) is 13.3. The third kappa shape index (κ3) is 5.98. The van der Waals surface area contributed by atoms with Gasteiger partial charge in [-0.2, -0.15) is 0 Å². The molecule has 32 heavy (non-hydrogen) atoms. The van der Waals surface area contributed by atoms with Crippen LogP contribution in [0.3, 0.4) is 0 Å². The molecule has 0 bridgehead atoms. The van der Waals surface area contributed by atoms with Crippen molar-refractivity contribution in [3.05, 3.63) is 66.1 Å². The van der Waals surface area contributed by atoms with E-state index in [-0.39, 0.29) is 35.1 Å².